The summed E-state index contributed by atoms with van der Waals surface area (Å²) in [6.45, 7) is 4.15. The number of fused-ring (bicyclic) bond motifs is 1. The normalized spacial score (nSPS) is 11.2. The summed E-state index contributed by atoms with van der Waals surface area (Å²) in [4.78, 5) is 17.4. The Morgan fingerprint density at radius 2 is 1.84 bits per heavy atom. The minimum absolute atomic E-state index is 0.181. The van der Waals surface area contributed by atoms with Crippen molar-refractivity contribution in [2.45, 2.75) is 13.8 Å². The van der Waals surface area contributed by atoms with Gasteiger partial charge in [0.15, 0.2) is 0 Å². The van der Waals surface area contributed by atoms with Gasteiger partial charge in [-0.25, -0.2) is 4.98 Å². The second-order valence-electron chi connectivity index (χ2n) is 6.11. The van der Waals surface area contributed by atoms with Crippen LogP contribution in [0.1, 0.15) is 11.1 Å². The number of hydrogen-bond acceptors (Lipinski definition) is 2. The second kappa shape index (κ2) is 5.90. The minimum Gasteiger partial charge on any atom is -0.300 e. The molecule has 4 aromatic rings. The SMILES string of the molecule is Cc1ccc(-c2cn3ccn(-c4cccc(Cl)c4)c(=O)c3n2)cc1C. The zero-order chi connectivity index (χ0) is 17.6. The fourth-order valence-electron chi connectivity index (χ4n) is 2.85. The minimum atomic E-state index is -0.181. The summed E-state index contributed by atoms with van der Waals surface area (Å²) in [6, 6.07) is 13.4. The molecule has 0 atom stereocenters. The van der Waals surface area contributed by atoms with E-state index < -0.39 is 0 Å². The molecule has 0 N–H and O–H groups in total. The van der Waals surface area contributed by atoms with E-state index in [0.717, 1.165) is 16.9 Å². The third-order valence-corrected chi connectivity index (χ3v) is 4.64. The maximum Gasteiger partial charge on any atom is 0.298 e. The molecule has 0 saturated carbocycles. The predicted octanol–water partition coefficient (Wildman–Crippen LogP) is 4.42. The van der Waals surface area contributed by atoms with Crippen LogP contribution in [0.4, 0.5) is 0 Å². The van der Waals surface area contributed by atoms with Gasteiger partial charge >= 0.3 is 0 Å². The number of aryl methyl sites for hydroxylation is 2. The highest BCUT2D eigenvalue weighted by molar-refractivity contribution is 6.30. The van der Waals surface area contributed by atoms with E-state index in [2.05, 4.69) is 31.0 Å². The van der Waals surface area contributed by atoms with Crippen LogP contribution >= 0.6 is 11.6 Å². The number of imidazole rings is 1. The highest BCUT2D eigenvalue weighted by Gasteiger charge is 2.11. The van der Waals surface area contributed by atoms with E-state index in [1.807, 2.05) is 30.6 Å². The Hall–Kier alpha value is -2.85. The Morgan fingerprint density at radius 1 is 1.00 bits per heavy atom. The van der Waals surface area contributed by atoms with Crippen LogP contribution in [-0.4, -0.2) is 14.0 Å². The lowest BCUT2D eigenvalue weighted by Crippen LogP contribution is -2.19. The molecule has 0 aliphatic rings. The zero-order valence-electron chi connectivity index (χ0n) is 13.9. The van der Waals surface area contributed by atoms with Crippen molar-refractivity contribution in [1.29, 1.82) is 0 Å². The standard InChI is InChI=1S/C20H16ClN3O/c1-13-6-7-15(10-14(13)2)18-12-23-8-9-24(20(25)19(23)22-18)17-5-3-4-16(21)11-17/h3-12H,1-2H3. The molecule has 0 radical (unpaired) electrons. The molecule has 25 heavy (non-hydrogen) atoms. The topological polar surface area (TPSA) is 39.3 Å². The molecular formula is C20H16ClN3O. The molecule has 0 aliphatic heterocycles. The van der Waals surface area contributed by atoms with Crippen molar-refractivity contribution in [2.75, 3.05) is 0 Å². The van der Waals surface area contributed by atoms with E-state index in [1.165, 1.54) is 11.1 Å². The van der Waals surface area contributed by atoms with Gasteiger partial charge in [-0.05, 0) is 49.2 Å². The number of hydrogen-bond donors (Lipinski definition) is 0. The average Bonchev–Trinajstić information content (AvgIpc) is 3.03. The molecule has 124 valence electrons. The maximum absolute atomic E-state index is 12.8. The van der Waals surface area contributed by atoms with E-state index in [9.17, 15) is 4.79 Å². The maximum atomic E-state index is 12.8. The number of benzene rings is 2. The third kappa shape index (κ3) is 2.75. The molecule has 0 fully saturated rings. The van der Waals surface area contributed by atoms with Gasteiger partial charge in [-0.2, -0.15) is 0 Å². The molecule has 0 bridgehead atoms. The van der Waals surface area contributed by atoms with E-state index in [0.29, 0.717) is 10.7 Å². The van der Waals surface area contributed by atoms with Gasteiger partial charge in [0.25, 0.3) is 5.56 Å². The predicted molar refractivity (Wildman–Crippen MR) is 101 cm³/mol. The summed E-state index contributed by atoms with van der Waals surface area (Å²) in [5, 5.41) is 0.587. The van der Waals surface area contributed by atoms with E-state index in [-0.39, 0.29) is 5.56 Å². The number of aromatic nitrogens is 3. The zero-order valence-corrected chi connectivity index (χ0v) is 14.7. The molecule has 0 amide bonds. The van der Waals surface area contributed by atoms with E-state index in [1.54, 1.807) is 27.3 Å². The Balaban J connectivity index is 1.88. The Morgan fingerprint density at radius 3 is 2.60 bits per heavy atom. The first-order chi connectivity index (χ1) is 12.0. The summed E-state index contributed by atoms with van der Waals surface area (Å²) in [7, 11) is 0. The summed E-state index contributed by atoms with van der Waals surface area (Å²) in [5.41, 5.74) is 5.14. The summed E-state index contributed by atoms with van der Waals surface area (Å²) in [6.07, 6.45) is 5.44. The lowest BCUT2D eigenvalue weighted by molar-refractivity contribution is 0.950. The fraction of sp³-hybridized carbons (Fsp3) is 0.100. The smallest absolute Gasteiger partial charge is 0.298 e. The van der Waals surface area contributed by atoms with Gasteiger partial charge in [0, 0.05) is 29.2 Å². The van der Waals surface area contributed by atoms with Gasteiger partial charge in [-0.3, -0.25) is 9.36 Å². The Bertz CT molecular complexity index is 1160. The largest absolute Gasteiger partial charge is 0.300 e. The molecule has 0 unspecified atom stereocenters. The van der Waals surface area contributed by atoms with Gasteiger partial charge in [0.1, 0.15) is 0 Å². The van der Waals surface area contributed by atoms with Gasteiger partial charge in [0.05, 0.1) is 11.4 Å². The van der Waals surface area contributed by atoms with Crippen LogP contribution in [-0.2, 0) is 0 Å². The van der Waals surface area contributed by atoms with Crippen molar-refractivity contribution in [3.63, 3.8) is 0 Å². The van der Waals surface area contributed by atoms with Crippen molar-refractivity contribution in [3.05, 3.63) is 87.6 Å². The number of rotatable bonds is 2. The number of halogens is 1. The van der Waals surface area contributed by atoms with Gasteiger partial charge in [0.2, 0.25) is 5.65 Å². The van der Waals surface area contributed by atoms with Crippen molar-refractivity contribution in [2.24, 2.45) is 0 Å². The van der Waals surface area contributed by atoms with Crippen molar-refractivity contribution in [1.82, 2.24) is 14.0 Å². The fourth-order valence-corrected chi connectivity index (χ4v) is 3.03. The highest BCUT2D eigenvalue weighted by atomic mass is 35.5. The summed E-state index contributed by atoms with van der Waals surface area (Å²) in [5.74, 6) is 0. The van der Waals surface area contributed by atoms with Crippen LogP contribution < -0.4 is 5.56 Å². The number of nitrogens with zero attached hydrogens (tertiary/aromatic N) is 3. The highest BCUT2D eigenvalue weighted by Crippen LogP contribution is 2.21. The Kier molecular flexibility index (Phi) is 3.70. The van der Waals surface area contributed by atoms with E-state index in [4.69, 9.17) is 11.6 Å². The van der Waals surface area contributed by atoms with Gasteiger partial charge in [-0.1, -0.05) is 29.8 Å². The second-order valence-corrected chi connectivity index (χ2v) is 6.55. The first-order valence-corrected chi connectivity index (χ1v) is 8.35. The molecule has 2 heterocycles. The Labute approximate surface area is 150 Å². The molecule has 4 rings (SSSR count). The third-order valence-electron chi connectivity index (χ3n) is 4.41. The molecule has 0 aliphatic carbocycles. The molecule has 2 aromatic heterocycles. The molecule has 5 heteroatoms. The first-order valence-electron chi connectivity index (χ1n) is 7.97. The molecule has 0 saturated heterocycles. The first kappa shape index (κ1) is 15.7. The van der Waals surface area contributed by atoms with Crippen LogP contribution in [0.3, 0.4) is 0 Å². The van der Waals surface area contributed by atoms with Crippen LogP contribution in [0.15, 0.2) is 65.8 Å². The lowest BCUT2D eigenvalue weighted by atomic mass is 10.1. The lowest BCUT2D eigenvalue weighted by Gasteiger charge is -2.05. The summed E-state index contributed by atoms with van der Waals surface area (Å²) >= 11 is 6.04. The molecule has 4 nitrogen and oxygen atoms in total. The average molecular weight is 350 g/mol. The van der Waals surface area contributed by atoms with Gasteiger partial charge < -0.3 is 4.40 Å². The van der Waals surface area contributed by atoms with Crippen molar-refractivity contribution < 1.29 is 0 Å². The van der Waals surface area contributed by atoms with Crippen molar-refractivity contribution in [3.8, 4) is 16.9 Å². The van der Waals surface area contributed by atoms with E-state index >= 15 is 0 Å². The summed E-state index contributed by atoms with van der Waals surface area (Å²) < 4.78 is 3.31. The molecule has 2 aromatic carbocycles. The molecule has 0 spiro atoms. The molecular weight excluding hydrogens is 334 g/mol. The van der Waals surface area contributed by atoms with Gasteiger partial charge in [-0.15, -0.1) is 0 Å². The van der Waals surface area contributed by atoms with Crippen LogP contribution in [0.2, 0.25) is 5.02 Å². The van der Waals surface area contributed by atoms with Crippen LogP contribution in [0.5, 0.6) is 0 Å². The quantitative estimate of drug-likeness (QED) is 0.537. The van der Waals surface area contributed by atoms with Crippen molar-refractivity contribution >= 4 is 17.2 Å². The van der Waals surface area contributed by atoms with Crippen LogP contribution in [0, 0.1) is 13.8 Å². The van der Waals surface area contributed by atoms with Crippen LogP contribution in [0.25, 0.3) is 22.6 Å². The monoisotopic (exact) mass is 349 g/mol.